The minimum absolute atomic E-state index is 0.366. The van der Waals surface area contributed by atoms with Gasteiger partial charge in [0.1, 0.15) is 11.3 Å². The molecule has 1 aliphatic carbocycles. The Morgan fingerprint density at radius 1 is 1.36 bits per heavy atom. The highest BCUT2D eigenvalue weighted by Gasteiger charge is 2.32. The van der Waals surface area contributed by atoms with Gasteiger partial charge >= 0.3 is 0 Å². The minimum Gasteiger partial charge on any atom is -0.494 e. The van der Waals surface area contributed by atoms with Gasteiger partial charge in [-0.3, -0.25) is 0 Å². The first kappa shape index (κ1) is 15.0. The number of hydrogen-bond acceptors (Lipinski definition) is 3. The summed E-state index contributed by atoms with van der Waals surface area (Å²) in [5, 5.41) is 7.28. The molecule has 1 N–H and O–H groups in total. The zero-order chi connectivity index (χ0) is 15.5. The molecule has 0 spiro atoms. The number of fused-ring (bicyclic) bond motifs is 3. The fraction of sp³-hybridized carbons (Fsp3) is 0.471. The Morgan fingerprint density at radius 2 is 2.09 bits per heavy atom. The van der Waals surface area contributed by atoms with Crippen molar-refractivity contribution in [3.63, 3.8) is 0 Å². The second kappa shape index (κ2) is 6.48. The van der Waals surface area contributed by atoms with Gasteiger partial charge in [-0.1, -0.05) is 12.2 Å². The molecule has 0 amide bonds. The maximum atomic E-state index is 13.3. The summed E-state index contributed by atoms with van der Waals surface area (Å²) in [5.74, 6) is 2.25. The molecule has 0 radical (unpaired) electrons. The van der Waals surface area contributed by atoms with Crippen molar-refractivity contribution in [1.29, 1.82) is 0 Å². The van der Waals surface area contributed by atoms with E-state index in [-0.39, 0.29) is 5.82 Å². The lowest BCUT2D eigenvalue weighted by Crippen LogP contribution is -2.45. The molecule has 3 aliphatic rings. The number of pyridine rings is 1. The first-order valence-electron chi connectivity index (χ1n) is 7.75. The molecular weight excluding hydrogens is 281 g/mol. The number of aromatic nitrogens is 2. The first-order chi connectivity index (χ1) is 10.7. The number of rotatable bonds is 2. The highest BCUT2D eigenvalue weighted by Crippen LogP contribution is 2.35. The maximum Gasteiger partial charge on any atom is 0.172 e. The lowest BCUT2D eigenvalue weighted by molar-refractivity contribution is 0.135. The summed E-state index contributed by atoms with van der Waals surface area (Å²) in [6.07, 6.45) is 9.78. The number of halogens is 1. The summed E-state index contributed by atoms with van der Waals surface area (Å²) in [5.41, 5.74) is 1.29. The number of hydrogen-bond donors (Lipinski definition) is 1. The van der Waals surface area contributed by atoms with E-state index in [9.17, 15) is 4.39 Å². The lowest BCUT2D eigenvalue weighted by atomic mass is 9.72. The molecule has 3 fully saturated rings. The van der Waals surface area contributed by atoms with Crippen molar-refractivity contribution in [3.8, 4) is 5.75 Å². The van der Waals surface area contributed by atoms with Crippen LogP contribution in [0.25, 0.3) is 11.6 Å². The second-order valence-electron chi connectivity index (χ2n) is 5.99. The van der Waals surface area contributed by atoms with Gasteiger partial charge in [-0.2, -0.15) is 5.10 Å². The Morgan fingerprint density at radius 3 is 2.59 bits per heavy atom. The summed E-state index contributed by atoms with van der Waals surface area (Å²) in [6, 6.07) is 1.78. The number of piperidine rings is 2. The Kier molecular flexibility index (Phi) is 4.43. The molecule has 2 aromatic heterocycles. The quantitative estimate of drug-likeness (QED) is 0.926. The van der Waals surface area contributed by atoms with E-state index >= 15 is 0 Å². The van der Waals surface area contributed by atoms with Crippen molar-refractivity contribution in [3.05, 3.63) is 35.9 Å². The molecule has 4 heterocycles. The van der Waals surface area contributed by atoms with Gasteiger partial charge in [-0.25, -0.2) is 8.91 Å². The molecule has 1 saturated carbocycles. The van der Waals surface area contributed by atoms with Crippen LogP contribution in [0.4, 0.5) is 4.39 Å². The average molecular weight is 303 g/mol. The van der Waals surface area contributed by atoms with E-state index in [1.165, 1.54) is 43.8 Å². The summed E-state index contributed by atoms with van der Waals surface area (Å²) in [7, 11) is 1.52. The summed E-state index contributed by atoms with van der Waals surface area (Å²) in [6.45, 7) is 4.52. The van der Waals surface area contributed by atoms with Gasteiger partial charge in [0.25, 0.3) is 0 Å². The highest BCUT2D eigenvalue weighted by atomic mass is 19.1. The molecule has 5 heteroatoms. The van der Waals surface area contributed by atoms with Crippen LogP contribution in [0.5, 0.6) is 5.75 Å². The Hall–Kier alpha value is -1.88. The van der Waals surface area contributed by atoms with Gasteiger partial charge in [0.05, 0.1) is 13.3 Å². The molecule has 5 rings (SSSR count). The van der Waals surface area contributed by atoms with Crippen LogP contribution in [-0.4, -0.2) is 29.8 Å². The predicted molar refractivity (Wildman–Crippen MR) is 85.5 cm³/mol. The van der Waals surface area contributed by atoms with E-state index in [0.717, 1.165) is 17.4 Å². The molecule has 0 unspecified atom stereocenters. The van der Waals surface area contributed by atoms with Crippen LogP contribution in [-0.2, 0) is 0 Å². The first-order valence-corrected chi connectivity index (χ1v) is 7.75. The molecule has 118 valence electrons. The number of methoxy groups -OCH3 is 1. The van der Waals surface area contributed by atoms with Gasteiger partial charge < -0.3 is 10.1 Å². The topological polar surface area (TPSA) is 38.6 Å². The molecular formula is C17H22FN3O. The van der Waals surface area contributed by atoms with E-state index in [4.69, 9.17) is 4.74 Å². The molecule has 2 aromatic rings. The number of nitrogens with one attached hydrogen (secondary N) is 1. The number of ether oxygens (including phenoxy) is 1. The van der Waals surface area contributed by atoms with Crippen LogP contribution in [0, 0.1) is 17.7 Å². The molecule has 2 aliphatic heterocycles. The molecule has 0 aromatic carbocycles. The van der Waals surface area contributed by atoms with Gasteiger partial charge in [-0.05, 0) is 56.3 Å². The van der Waals surface area contributed by atoms with Gasteiger partial charge in [0.2, 0.25) is 0 Å². The second-order valence-corrected chi connectivity index (χ2v) is 5.99. The SMILES string of the molecule is C/C=C/c1cc(OC)c2c(F)cnn2c1.C1NCC2CC1C2. The predicted octanol–water partition coefficient (Wildman–Crippen LogP) is 3.13. The monoisotopic (exact) mass is 303 g/mol. The zero-order valence-corrected chi connectivity index (χ0v) is 13.1. The molecule has 22 heavy (non-hydrogen) atoms. The third-order valence-corrected chi connectivity index (χ3v) is 4.33. The van der Waals surface area contributed by atoms with Gasteiger partial charge in [0.15, 0.2) is 5.82 Å². The van der Waals surface area contributed by atoms with Gasteiger partial charge in [-0.15, -0.1) is 0 Å². The van der Waals surface area contributed by atoms with E-state index in [0.29, 0.717) is 11.3 Å². The third-order valence-electron chi connectivity index (χ3n) is 4.33. The van der Waals surface area contributed by atoms with Crippen LogP contribution in [0.1, 0.15) is 25.3 Å². The van der Waals surface area contributed by atoms with Crippen molar-refractivity contribution in [2.75, 3.05) is 20.2 Å². The van der Waals surface area contributed by atoms with E-state index in [1.807, 2.05) is 19.1 Å². The van der Waals surface area contributed by atoms with Crippen molar-refractivity contribution in [1.82, 2.24) is 14.9 Å². The summed E-state index contributed by atoms with van der Waals surface area (Å²) < 4.78 is 19.9. The fourth-order valence-corrected chi connectivity index (χ4v) is 3.21. The number of nitrogens with zero attached hydrogens (tertiary/aromatic N) is 2. The minimum atomic E-state index is -0.376. The van der Waals surface area contributed by atoms with Crippen molar-refractivity contribution in [2.24, 2.45) is 11.8 Å². The Balaban J connectivity index is 0.000000169. The third kappa shape index (κ3) is 2.99. The Labute approximate surface area is 130 Å². The number of allylic oxidation sites excluding steroid dienone is 1. The van der Waals surface area contributed by atoms with E-state index in [1.54, 1.807) is 12.3 Å². The standard InChI is InChI=1S/C11H11FN2O.C6H11N/c1-3-4-8-5-10(15-2)11-9(12)6-13-14(11)7-8;1-5-2-6(1)4-7-3-5/h3-7H,1-2H3;5-7H,1-4H2/b4-3+;. The fourth-order valence-electron chi connectivity index (χ4n) is 3.21. The molecule has 2 saturated heterocycles. The van der Waals surface area contributed by atoms with E-state index in [2.05, 4.69) is 10.4 Å². The van der Waals surface area contributed by atoms with Gasteiger partial charge in [0, 0.05) is 6.20 Å². The molecule has 2 bridgehead atoms. The van der Waals surface area contributed by atoms with Crippen LogP contribution < -0.4 is 10.1 Å². The van der Waals surface area contributed by atoms with Crippen LogP contribution in [0.3, 0.4) is 0 Å². The maximum absolute atomic E-state index is 13.3. The lowest BCUT2D eigenvalue weighted by Gasteiger charge is -2.41. The highest BCUT2D eigenvalue weighted by molar-refractivity contribution is 5.64. The Bertz CT molecular complexity index is 660. The van der Waals surface area contributed by atoms with Crippen LogP contribution in [0.2, 0.25) is 0 Å². The summed E-state index contributed by atoms with van der Waals surface area (Å²) >= 11 is 0. The normalized spacial score (nSPS) is 23.0. The molecule has 0 atom stereocenters. The molecule has 4 nitrogen and oxygen atoms in total. The largest absolute Gasteiger partial charge is 0.494 e. The van der Waals surface area contributed by atoms with Crippen LogP contribution in [0.15, 0.2) is 24.5 Å². The van der Waals surface area contributed by atoms with Crippen LogP contribution >= 0.6 is 0 Å². The van der Waals surface area contributed by atoms with Crippen molar-refractivity contribution >= 4 is 11.6 Å². The summed E-state index contributed by atoms with van der Waals surface area (Å²) in [4.78, 5) is 0. The smallest absolute Gasteiger partial charge is 0.172 e. The van der Waals surface area contributed by atoms with Crippen molar-refractivity contribution < 1.29 is 9.13 Å². The zero-order valence-electron chi connectivity index (χ0n) is 13.1. The average Bonchev–Trinajstić information content (AvgIpc) is 2.89. The van der Waals surface area contributed by atoms with Crippen molar-refractivity contribution in [2.45, 2.75) is 19.8 Å². The van der Waals surface area contributed by atoms with E-state index < -0.39 is 0 Å².